The lowest BCUT2D eigenvalue weighted by Gasteiger charge is -2.24. The molecule has 1 aromatic heterocycles. The largest absolute Gasteiger partial charge is 0.485 e. The van der Waals surface area contributed by atoms with E-state index >= 15 is 0 Å². The van der Waals surface area contributed by atoms with Gasteiger partial charge in [-0.15, -0.1) is 0 Å². The molecule has 1 aromatic carbocycles. The first-order valence-corrected chi connectivity index (χ1v) is 6.89. The van der Waals surface area contributed by atoms with E-state index in [2.05, 4.69) is 4.74 Å². The van der Waals surface area contributed by atoms with Crippen LogP contribution in [0, 0.1) is 0 Å². The van der Waals surface area contributed by atoms with Gasteiger partial charge in [0.15, 0.2) is 11.5 Å². The van der Waals surface area contributed by atoms with E-state index in [4.69, 9.17) is 18.6 Å². The molecule has 0 aliphatic carbocycles. The van der Waals surface area contributed by atoms with Crippen molar-refractivity contribution in [3.63, 3.8) is 0 Å². The number of methoxy groups -OCH3 is 1. The highest BCUT2D eigenvalue weighted by Crippen LogP contribution is 2.31. The Labute approximate surface area is 131 Å². The Morgan fingerprint density at radius 1 is 1.17 bits per heavy atom. The van der Waals surface area contributed by atoms with E-state index in [-0.39, 0.29) is 19.0 Å². The van der Waals surface area contributed by atoms with Crippen LogP contribution < -0.4 is 9.47 Å². The summed E-state index contributed by atoms with van der Waals surface area (Å²) < 4.78 is 25.8. The van der Waals surface area contributed by atoms with E-state index in [0.29, 0.717) is 17.3 Å². The molecule has 0 saturated carbocycles. The van der Waals surface area contributed by atoms with Crippen molar-refractivity contribution in [1.82, 2.24) is 0 Å². The first-order chi connectivity index (χ1) is 11.2. The molecular formula is C16H14O7. The van der Waals surface area contributed by atoms with Crippen LogP contribution in [0.15, 0.2) is 40.8 Å². The molecule has 0 spiro atoms. The van der Waals surface area contributed by atoms with Gasteiger partial charge < -0.3 is 23.4 Å². The van der Waals surface area contributed by atoms with E-state index < -0.39 is 18.0 Å². The van der Waals surface area contributed by atoms with Crippen molar-refractivity contribution in [2.45, 2.75) is 12.7 Å². The second-order valence-electron chi connectivity index (χ2n) is 4.73. The third kappa shape index (κ3) is 3.28. The highest BCUT2D eigenvalue weighted by molar-refractivity contribution is 5.86. The van der Waals surface area contributed by atoms with Crippen molar-refractivity contribution in [3.05, 3.63) is 47.9 Å². The average Bonchev–Trinajstić information content (AvgIpc) is 3.07. The highest BCUT2D eigenvalue weighted by Gasteiger charge is 2.28. The van der Waals surface area contributed by atoms with Gasteiger partial charge in [-0.3, -0.25) is 0 Å². The maximum absolute atomic E-state index is 12.0. The molecule has 3 rings (SSSR count). The molecule has 0 saturated heterocycles. The van der Waals surface area contributed by atoms with Crippen LogP contribution >= 0.6 is 0 Å². The summed E-state index contributed by atoms with van der Waals surface area (Å²) >= 11 is 0. The molecule has 2 heterocycles. The second-order valence-corrected chi connectivity index (χ2v) is 4.73. The predicted molar refractivity (Wildman–Crippen MR) is 76.2 cm³/mol. The van der Waals surface area contributed by atoms with Crippen molar-refractivity contribution in [3.8, 4) is 11.5 Å². The zero-order chi connectivity index (χ0) is 16.2. The second kappa shape index (κ2) is 6.43. The molecule has 120 valence electrons. The fourth-order valence-electron chi connectivity index (χ4n) is 2.04. The molecular weight excluding hydrogens is 304 g/mol. The lowest BCUT2D eigenvalue weighted by atomic mass is 10.2. The summed E-state index contributed by atoms with van der Waals surface area (Å²) in [4.78, 5) is 23.3. The third-order valence-electron chi connectivity index (χ3n) is 3.18. The number of esters is 2. The molecule has 0 radical (unpaired) electrons. The lowest BCUT2D eigenvalue weighted by molar-refractivity contribution is -0.156. The van der Waals surface area contributed by atoms with Gasteiger partial charge in [-0.1, -0.05) is 12.1 Å². The summed E-state index contributed by atoms with van der Waals surface area (Å²) in [6, 6.07) is 10.1. The van der Waals surface area contributed by atoms with Gasteiger partial charge in [-0.2, -0.15) is 0 Å². The summed E-state index contributed by atoms with van der Waals surface area (Å²) in [6.45, 7) is -0.0429. The van der Waals surface area contributed by atoms with Crippen LogP contribution in [-0.4, -0.2) is 31.8 Å². The number of hydrogen-bond donors (Lipinski definition) is 0. The molecule has 1 aliphatic heterocycles. The van der Waals surface area contributed by atoms with Crippen molar-refractivity contribution < 1.29 is 33.0 Å². The van der Waals surface area contributed by atoms with Gasteiger partial charge in [0.05, 0.1) is 7.11 Å². The van der Waals surface area contributed by atoms with Crippen molar-refractivity contribution in [2.24, 2.45) is 0 Å². The van der Waals surface area contributed by atoms with E-state index in [0.717, 1.165) is 0 Å². The quantitative estimate of drug-likeness (QED) is 0.797. The maximum atomic E-state index is 12.0. The number of hydrogen-bond acceptors (Lipinski definition) is 7. The van der Waals surface area contributed by atoms with Crippen molar-refractivity contribution in [1.29, 1.82) is 0 Å². The topological polar surface area (TPSA) is 84.2 Å². The number of furan rings is 1. The highest BCUT2D eigenvalue weighted by atomic mass is 16.6. The number of ether oxygens (including phenoxy) is 4. The van der Waals surface area contributed by atoms with Gasteiger partial charge in [0, 0.05) is 0 Å². The number of fused-ring (bicyclic) bond motifs is 1. The number of carbonyl (C=O) groups is 2. The zero-order valence-corrected chi connectivity index (χ0v) is 12.3. The van der Waals surface area contributed by atoms with Gasteiger partial charge in [0.1, 0.15) is 19.0 Å². The zero-order valence-electron chi connectivity index (χ0n) is 12.3. The minimum atomic E-state index is -0.847. The Kier molecular flexibility index (Phi) is 4.18. The molecule has 1 atom stereocenters. The van der Waals surface area contributed by atoms with Crippen LogP contribution in [0.5, 0.6) is 11.5 Å². The molecule has 0 bridgehead atoms. The molecule has 1 unspecified atom stereocenters. The summed E-state index contributed by atoms with van der Waals surface area (Å²) in [5, 5.41) is 0. The Morgan fingerprint density at radius 3 is 2.74 bits per heavy atom. The number of benzene rings is 1. The number of para-hydroxylation sites is 2. The van der Waals surface area contributed by atoms with Crippen LogP contribution in [0.1, 0.15) is 16.3 Å². The first-order valence-electron chi connectivity index (χ1n) is 6.89. The Morgan fingerprint density at radius 2 is 1.96 bits per heavy atom. The smallest absolute Gasteiger partial charge is 0.373 e. The summed E-state index contributed by atoms with van der Waals surface area (Å²) in [5.74, 6) is 0.288. The van der Waals surface area contributed by atoms with E-state index in [1.54, 1.807) is 18.2 Å². The molecule has 23 heavy (non-hydrogen) atoms. The van der Waals surface area contributed by atoms with Crippen molar-refractivity contribution >= 4 is 11.9 Å². The molecule has 0 fully saturated rings. The first kappa shape index (κ1) is 15.0. The van der Waals surface area contributed by atoms with Crippen LogP contribution in [0.25, 0.3) is 0 Å². The standard InChI is InChI=1S/C16H14O7/c1-19-15(17)13-7-6-10(22-13)8-21-16(18)14-9-20-11-4-2-3-5-12(11)23-14/h2-7,14H,8-9H2,1H3. The van der Waals surface area contributed by atoms with Gasteiger partial charge in [-0.05, 0) is 24.3 Å². The minimum absolute atomic E-state index is 0.0460. The molecule has 7 heteroatoms. The van der Waals surface area contributed by atoms with Crippen LogP contribution in [0.2, 0.25) is 0 Å². The number of rotatable bonds is 4. The fraction of sp³-hybridized carbons (Fsp3) is 0.250. The summed E-state index contributed by atoms with van der Waals surface area (Å²) in [6.07, 6.45) is -0.847. The van der Waals surface area contributed by atoms with Gasteiger partial charge in [0.2, 0.25) is 11.9 Å². The van der Waals surface area contributed by atoms with E-state index in [1.807, 2.05) is 6.07 Å². The molecule has 7 nitrogen and oxygen atoms in total. The Hall–Kier alpha value is -2.96. The molecule has 0 amide bonds. The van der Waals surface area contributed by atoms with Crippen LogP contribution in [0.4, 0.5) is 0 Å². The Balaban J connectivity index is 1.56. The maximum Gasteiger partial charge on any atom is 0.373 e. The molecule has 2 aromatic rings. The average molecular weight is 318 g/mol. The summed E-state index contributed by atoms with van der Waals surface area (Å²) in [7, 11) is 1.25. The normalized spacial score (nSPS) is 15.8. The van der Waals surface area contributed by atoms with E-state index in [1.165, 1.54) is 19.2 Å². The van der Waals surface area contributed by atoms with Gasteiger partial charge in [-0.25, -0.2) is 9.59 Å². The van der Waals surface area contributed by atoms with Gasteiger partial charge in [0.25, 0.3) is 0 Å². The predicted octanol–water partition coefficient (Wildman–Crippen LogP) is 1.95. The van der Waals surface area contributed by atoms with Gasteiger partial charge >= 0.3 is 11.9 Å². The third-order valence-corrected chi connectivity index (χ3v) is 3.18. The lowest BCUT2D eigenvalue weighted by Crippen LogP contribution is -2.37. The fourth-order valence-corrected chi connectivity index (χ4v) is 2.04. The monoisotopic (exact) mass is 318 g/mol. The number of carbonyl (C=O) groups excluding carboxylic acids is 2. The van der Waals surface area contributed by atoms with E-state index in [9.17, 15) is 9.59 Å². The molecule has 1 aliphatic rings. The Bertz CT molecular complexity index is 719. The van der Waals surface area contributed by atoms with Crippen LogP contribution in [0.3, 0.4) is 0 Å². The van der Waals surface area contributed by atoms with Crippen LogP contribution in [-0.2, 0) is 20.9 Å². The van der Waals surface area contributed by atoms with Crippen molar-refractivity contribution in [2.75, 3.05) is 13.7 Å². The SMILES string of the molecule is COC(=O)c1ccc(COC(=O)C2COc3ccccc3O2)o1. The minimum Gasteiger partial charge on any atom is -0.485 e. The molecule has 0 N–H and O–H groups in total. The summed E-state index contributed by atoms with van der Waals surface area (Å²) in [5.41, 5.74) is 0.